The van der Waals surface area contributed by atoms with Gasteiger partial charge in [-0.25, -0.2) is 4.98 Å². The summed E-state index contributed by atoms with van der Waals surface area (Å²) in [6.07, 6.45) is 11.3. The third-order valence-electron chi connectivity index (χ3n) is 4.53. The number of ketones is 1. The highest BCUT2D eigenvalue weighted by atomic mass is 16.5. The maximum absolute atomic E-state index is 11.1. The molecule has 0 N–H and O–H groups in total. The quantitative estimate of drug-likeness (QED) is 0.711. The van der Waals surface area contributed by atoms with Crippen molar-refractivity contribution in [3.05, 3.63) is 59.3 Å². The van der Waals surface area contributed by atoms with Crippen LogP contribution in [0, 0.1) is 5.92 Å². The molecule has 1 aliphatic rings. The van der Waals surface area contributed by atoms with E-state index in [4.69, 9.17) is 4.74 Å². The number of aryl methyl sites for hydroxylation is 2. The van der Waals surface area contributed by atoms with E-state index in [1.165, 1.54) is 30.4 Å². The van der Waals surface area contributed by atoms with E-state index in [0.717, 1.165) is 17.7 Å². The Kier molecular flexibility index (Phi) is 5.64. The number of rotatable bonds is 6. The summed E-state index contributed by atoms with van der Waals surface area (Å²) in [6.45, 7) is 3.66. The van der Waals surface area contributed by atoms with Crippen LogP contribution in [-0.2, 0) is 17.6 Å². The van der Waals surface area contributed by atoms with Crippen molar-refractivity contribution in [2.75, 3.05) is 0 Å². The van der Waals surface area contributed by atoms with Crippen molar-refractivity contribution in [1.29, 1.82) is 0 Å². The van der Waals surface area contributed by atoms with E-state index in [-0.39, 0.29) is 11.7 Å². The number of nitrogens with zero attached hydrogens (tertiary/aromatic N) is 1. The Morgan fingerprint density at radius 2 is 2.00 bits per heavy atom. The van der Waals surface area contributed by atoms with E-state index in [9.17, 15) is 4.79 Å². The van der Waals surface area contributed by atoms with Crippen molar-refractivity contribution in [2.45, 2.75) is 46.0 Å². The molecule has 1 heterocycles. The number of fused-ring (bicyclic) bond motifs is 1. The van der Waals surface area contributed by atoms with Gasteiger partial charge in [-0.1, -0.05) is 25.1 Å². The molecular weight excluding hydrogens is 310 g/mol. The van der Waals surface area contributed by atoms with E-state index in [1.807, 2.05) is 37.3 Å². The van der Waals surface area contributed by atoms with Gasteiger partial charge in [0.05, 0.1) is 0 Å². The molecule has 2 aromatic rings. The van der Waals surface area contributed by atoms with Crippen LogP contribution in [0.25, 0.3) is 6.08 Å². The van der Waals surface area contributed by atoms with Gasteiger partial charge < -0.3 is 9.53 Å². The highest BCUT2D eigenvalue weighted by Crippen LogP contribution is 2.27. The average molecular weight is 335 g/mol. The number of ether oxygens (including phenoxy) is 1. The second-order valence-corrected chi connectivity index (χ2v) is 6.91. The molecule has 1 aliphatic carbocycles. The Bertz CT molecular complexity index is 762. The van der Waals surface area contributed by atoms with E-state index in [2.05, 4.69) is 17.1 Å². The number of carbonyl (C=O) groups excluding carboxylic acids is 1. The summed E-state index contributed by atoms with van der Waals surface area (Å²) in [5.74, 6) is 1.91. The first kappa shape index (κ1) is 17.4. The van der Waals surface area contributed by atoms with Crippen molar-refractivity contribution >= 4 is 11.9 Å². The minimum absolute atomic E-state index is 0.212. The summed E-state index contributed by atoms with van der Waals surface area (Å²) < 4.78 is 5.90. The third kappa shape index (κ3) is 5.02. The van der Waals surface area contributed by atoms with Gasteiger partial charge in [0, 0.05) is 18.7 Å². The minimum Gasteiger partial charge on any atom is -0.439 e. The lowest BCUT2D eigenvalue weighted by atomic mass is 9.92. The molecule has 0 saturated carbocycles. The molecule has 0 bridgehead atoms. The van der Waals surface area contributed by atoms with Crippen molar-refractivity contribution in [2.24, 2.45) is 5.92 Å². The zero-order valence-electron chi connectivity index (χ0n) is 15.0. The minimum atomic E-state index is 0.212. The number of pyridine rings is 1. The molecule has 1 atom stereocenters. The molecule has 25 heavy (non-hydrogen) atoms. The maximum atomic E-state index is 11.1. The first-order valence-corrected chi connectivity index (χ1v) is 9.03. The molecule has 0 aliphatic heterocycles. The van der Waals surface area contributed by atoms with Crippen molar-refractivity contribution in [3.63, 3.8) is 0 Å². The standard InChI is InChI=1S/C22H25NO2/c1-16(13-17(2)24)7-8-18-9-12-22(23-15-18)25-21-11-10-19-5-3-4-6-20(19)14-21/h7-12,14-16H,3-6,13H2,1-2H3/b8-7+/t16-/m0/s1. The number of Topliss-reactive ketones (excluding diaryl/α,β-unsaturated/α-hetero) is 1. The van der Waals surface area contributed by atoms with Gasteiger partial charge in [-0.3, -0.25) is 0 Å². The normalized spacial score (nSPS) is 15.0. The van der Waals surface area contributed by atoms with E-state index < -0.39 is 0 Å². The van der Waals surface area contributed by atoms with Crippen LogP contribution < -0.4 is 4.74 Å². The topological polar surface area (TPSA) is 39.2 Å². The fraction of sp³-hybridized carbons (Fsp3) is 0.364. The third-order valence-corrected chi connectivity index (χ3v) is 4.53. The SMILES string of the molecule is CC(=O)C[C@@H](C)/C=C/c1ccc(Oc2ccc3c(c2)CCCC3)nc1. The van der Waals surface area contributed by atoms with Crippen LogP contribution in [0.1, 0.15) is 49.8 Å². The number of benzene rings is 1. The van der Waals surface area contributed by atoms with Gasteiger partial charge in [-0.15, -0.1) is 0 Å². The number of hydrogen-bond acceptors (Lipinski definition) is 3. The monoisotopic (exact) mass is 335 g/mol. The Balaban J connectivity index is 1.63. The van der Waals surface area contributed by atoms with Gasteiger partial charge in [0.1, 0.15) is 11.5 Å². The van der Waals surface area contributed by atoms with E-state index in [0.29, 0.717) is 12.3 Å². The van der Waals surface area contributed by atoms with Gasteiger partial charge in [0.2, 0.25) is 5.88 Å². The predicted octanol–water partition coefficient (Wildman–Crippen LogP) is 5.38. The van der Waals surface area contributed by atoms with Crippen LogP contribution in [0.5, 0.6) is 11.6 Å². The van der Waals surface area contributed by atoms with Crippen LogP contribution >= 0.6 is 0 Å². The molecule has 3 heteroatoms. The molecule has 0 amide bonds. The Hall–Kier alpha value is -2.42. The smallest absolute Gasteiger partial charge is 0.219 e. The average Bonchev–Trinajstić information content (AvgIpc) is 2.60. The number of aromatic nitrogens is 1. The second-order valence-electron chi connectivity index (χ2n) is 6.91. The lowest BCUT2D eigenvalue weighted by Crippen LogP contribution is -2.02. The molecule has 3 nitrogen and oxygen atoms in total. The summed E-state index contributed by atoms with van der Waals surface area (Å²) in [6, 6.07) is 10.2. The highest BCUT2D eigenvalue weighted by molar-refractivity contribution is 5.76. The van der Waals surface area contributed by atoms with Crippen LogP contribution in [0.2, 0.25) is 0 Å². The Morgan fingerprint density at radius 1 is 1.20 bits per heavy atom. The van der Waals surface area contributed by atoms with Gasteiger partial charge in [-0.2, -0.15) is 0 Å². The highest BCUT2D eigenvalue weighted by Gasteiger charge is 2.10. The largest absolute Gasteiger partial charge is 0.439 e. The molecule has 130 valence electrons. The molecule has 3 rings (SSSR count). The lowest BCUT2D eigenvalue weighted by molar-refractivity contribution is -0.117. The van der Waals surface area contributed by atoms with Crippen LogP contribution in [-0.4, -0.2) is 10.8 Å². The first-order chi connectivity index (χ1) is 12.1. The molecule has 0 fully saturated rings. The molecule has 0 spiro atoms. The van der Waals surface area contributed by atoms with E-state index in [1.54, 1.807) is 13.1 Å². The van der Waals surface area contributed by atoms with Crippen molar-refractivity contribution < 1.29 is 9.53 Å². The number of allylic oxidation sites excluding steroid dienone is 1. The molecule has 0 radical (unpaired) electrons. The molecule has 1 aromatic heterocycles. The van der Waals surface area contributed by atoms with Crippen LogP contribution in [0.4, 0.5) is 0 Å². The van der Waals surface area contributed by atoms with Gasteiger partial charge in [0.25, 0.3) is 0 Å². The summed E-state index contributed by atoms with van der Waals surface area (Å²) >= 11 is 0. The molecule has 0 saturated heterocycles. The van der Waals surface area contributed by atoms with Crippen LogP contribution in [0.3, 0.4) is 0 Å². The molecule has 0 unspecified atom stereocenters. The summed E-state index contributed by atoms with van der Waals surface area (Å²) in [5, 5.41) is 0. The van der Waals surface area contributed by atoms with Crippen molar-refractivity contribution in [1.82, 2.24) is 4.98 Å². The van der Waals surface area contributed by atoms with Crippen molar-refractivity contribution in [3.8, 4) is 11.6 Å². The zero-order valence-corrected chi connectivity index (χ0v) is 15.0. The molecule has 1 aromatic carbocycles. The second kappa shape index (κ2) is 8.11. The van der Waals surface area contributed by atoms with Gasteiger partial charge in [-0.05, 0) is 73.4 Å². The van der Waals surface area contributed by atoms with Gasteiger partial charge in [0.15, 0.2) is 0 Å². The molecular formula is C22H25NO2. The Morgan fingerprint density at radius 3 is 2.72 bits per heavy atom. The fourth-order valence-corrected chi connectivity index (χ4v) is 3.24. The number of carbonyl (C=O) groups is 1. The lowest BCUT2D eigenvalue weighted by Gasteiger charge is -2.16. The predicted molar refractivity (Wildman–Crippen MR) is 101 cm³/mol. The summed E-state index contributed by atoms with van der Waals surface area (Å²) in [5.41, 5.74) is 3.86. The summed E-state index contributed by atoms with van der Waals surface area (Å²) in [7, 11) is 0. The van der Waals surface area contributed by atoms with Crippen LogP contribution in [0.15, 0.2) is 42.6 Å². The maximum Gasteiger partial charge on any atom is 0.219 e. The van der Waals surface area contributed by atoms with Gasteiger partial charge >= 0.3 is 0 Å². The fourth-order valence-electron chi connectivity index (χ4n) is 3.24. The zero-order chi connectivity index (χ0) is 17.6. The first-order valence-electron chi connectivity index (χ1n) is 9.03. The summed E-state index contributed by atoms with van der Waals surface area (Å²) in [4.78, 5) is 15.5. The Labute approximate surface area is 149 Å². The number of hydrogen-bond donors (Lipinski definition) is 0. The van der Waals surface area contributed by atoms with E-state index >= 15 is 0 Å².